The van der Waals surface area contributed by atoms with Crippen LogP contribution in [0.5, 0.6) is 0 Å². The number of nitriles is 1. The van der Waals surface area contributed by atoms with Gasteiger partial charge in [-0.05, 0) is 37.9 Å². The second kappa shape index (κ2) is 7.39. The molecule has 1 amide bonds. The van der Waals surface area contributed by atoms with E-state index in [9.17, 15) is 4.79 Å². The van der Waals surface area contributed by atoms with Gasteiger partial charge in [0.05, 0.1) is 5.56 Å². The number of anilines is 1. The standard InChI is InChI=1S/C14H20N4OS/c1-18(12-3-2-6-16-10-12)7-4-13(19)17-14-11(9-15)5-8-20-14/h5,8,12,16H,2-4,6-7,10H2,1H3,(H,17,19). The van der Waals surface area contributed by atoms with E-state index in [-0.39, 0.29) is 5.91 Å². The van der Waals surface area contributed by atoms with Gasteiger partial charge in [-0.2, -0.15) is 5.26 Å². The summed E-state index contributed by atoms with van der Waals surface area (Å²) in [6.45, 7) is 2.84. The van der Waals surface area contributed by atoms with E-state index in [0.717, 1.165) is 19.6 Å². The van der Waals surface area contributed by atoms with Gasteiger partial charge in [-0.15, -0.1) is 11.3 Å². The molecule has 1 aliphatic heterocycles. The molecule has 0 aliphatic carbocycles. The molecule has 6 heteroatoms. The fourth-order valence-corrected chi connectivity index (χ4v) is 3.11. The summed E-state index contributed by atoms with van der Waals surface area (Å²) in [5, 5.41) is 17.6. The van der Waals surface area contributed by atoms with Crippen molar-refractivity contribution in [1.82, 2.24) is 10.2 Å². The van der Waals surface area contributed by atoms with E-state index in [1.54, 1.807) is 6.07 Å². The van der Waals surface area contributed by atoms with Crippen molar-refractivity contribution in [3.63, 3.8) is 0 Å². The Morgan fingerprint density at radius 2 is 2.55 bits per heavy atom. The third-order valence-corrected chi connectivity index (χ3v) is 4.45. The fraction of sp³-hybridized carbons (Fsp3) is 0.571. The topological polar surface area (TPSA) is 68.2 Å². The Morgan fingerprint density at radius 3 is 3.25 bits per heavy atom. The van der Waals surface area contributed by atoms with Crippen molar-refractivity contribution < 1.29 is 4.79 Å². The van der Waals surface area contributed by atoms with Gasteiger partial charge in [0, 0.05) is 25.6 Å². The highest BCUT2D eigenvalue weighted by molar-refractivity contribution is 7.14. The van der Waals surface area contributed by atoms with Crippen LogP contribution in [0.2, 0.25) is 0 Å². The first kappa shape index (κ1) is 15.0. The zero-order valence-corrected chi connectivity index (χ0v) is 12.5. The molecule has 5 nitrogen and oxygen atoms in total. The predicted octanol–water partition coefficient (Wildman–Crippen LogP) is 1.63. The summed E-state index contributed by atoms with van der Waals surface area (Å²) in [4.78, 5) is 14.2. The van der Waals surface area contributed by atoms with E-state index < -0.39 is 0 Å². The highest BCUT2D eigenvalue weighted by atomic mass is 32.1. The van der Waals surface area contributed by atoms with E-state index in [1.165, 1.54) is 24.2 Å². The quantitative estimate of drug-likeness (QED) is 0.865. The van der Waals surface area contributed by atoms with Crippen LogP contribution in [0.3, 0.4) is 0 Å². The van der Waals surface area contributed by atoms with Crippen LogP contribution in [0.4, 0.5) is 5.00 Å². The molecular formula is C14H20N4OS. The molecular weight excluding hydrogens is 272 g/mol. The van der Waals surface area contributed by atoms with Crippen LogP contribution in [-0.4, -0.2) is 43.5 Å². The zero-order chi connectivity index (χ0) is 14.4. The molecule has 2 N–H and O–H groups in total. The van der Waals surface area contributed by atoms with E-state index in [4.69, 9.17) is 5.26 Å². The van der Waals surface area contributed by atoms with Crippen molar-refractivity contribution >= 4 is 22.2 Å². The van der Waals surface area contributed by atoms with Gasteiger partial charge in [-0.25, -0.2) is 0 Å². The molecule has 0 saturated carbocycles. The lowest BCUT2D eigenvalue weighted by molar-refractivity contribution is -0.116. The Morgan fingerprint density at radius 1 is 1.70 bits per heavy atom. The summed E-state index contributed by atoms with van der Waals surface area (Å²) in [5.41, 5.74) is 0.535. The zero-order valence-electron chi connectivity index (χ0n) is 11.7. The molecule has 0 radical (unpaired) electrons. The number of likely N-dealkylation sites (N-methyl/N-ethyl adjacent to an activating group) is 1. The van der Waals surface area contributed by atoms with Crippen molar-refractivity contribution in [3.8, 4) is 6.07 Å². The van der Waals surface area contributed by atoms with Gasteiger partial charge in [0.2, 0.25) is 5.91 Å². The van der Waals surface area contributed by atoms with Gasteiger partial charge >= 0.3 is 0 Å². The fourth-order valence-electron chi connectivity index (χ4n) is 2.35. The Balaban J connectivity index is 1.76. The van der Waals surface area contributed by atoms with Crippen LogP contribution < -0.4 is 10.6 Å². The largest absolute Gasteiger partial charge is 0.317 e. The van der Waals surface area contributed by atoms with Gasteiger partial charge in [-0.3, -0.25) is 4.79 Å². The highest BCUT2D eigenvalue weighted by Crippen LogP contribution is 2.22. The van der Waals surface area contributed by atoms with Gasteiger partial charge < -0.3 is 15.5 Å². The number of nitrogens with zero attached hydrogens (tertiary/aromatic N) is 2. The first-order chi connectivity index (χ1) is 9.70. The SMILES string of the molecule is CN(CCC(=O)Nc1sccc1C#N)C1CCCNC1. The van der Waals surface area contributed by atoms with Crippen LogP contribution in [0.25, 0.3) is 0 Å². The summed E-state index contributed by atoms with van der Waals surface area (Å²) >= 11 is 1.39. The van der Waals surface area contributed by atoms with Crippen LogP contribution in [0.1, 0.15) is 24.8 Å². The number of carbonyl (C=O) groups excluding carboxylic acids is 1. The van der Waals surface area contributed by atoms with E-state index in [1.807, 2.05) is 5.38 Å². The number of hydrogen-bond acceptors (Lipinski definition) is 5. The average molecular weight is 292 g/mol. The minimum atomic E-state index is -0.0282. The second-order valence-corrected chi connectivity index (χ2v) is 5.97. The number of thiophene rings is 1. The average Bonchev–Trinajstić information content (AvgIpc) is 2.92. The molecule has 1 unspecified atom stereocenters. The maximum absolute atomic E-state index is 11.9. The van der Waals surface area contributed by atoms with Gasteiger partial charge in [0.15, 0.2) is 0 Å². The first-order valence-corrected chi connectivity index (χ1v) is 7.77. The number of nitrogens with one attached hydrogen (secondary N) is 2. The summed E-state index contributed by atoms with van der Waals surface area (Å²) in [6, 6.07) is 4.32. The Hall–Kier alpha value is -1.42. The van der Waals surface area contributed by atoms with Crippen molar-refractivity contribution in [3.05, 3.63) is 17.0 Å². The number of rotatable bonds is 5. The van der Waals surface area contributed by atoms with Gasteiger partial charge in [0.1, 0.15) is 11.1 Å². The second-order valence-electron chi connectivity index (χ2n) is 5.05. The lowest BCUT2D eigenvalue weighted by atomic mass is 10.1. The smallest absolute Gasteiger partial charge is 0.226 e. The highest BCUT2D eigenvalue weighted by Gasteiger charge is 2.18. The van der Waals surface area contributed by atoms with Crippen LogP contribution in [0.15, 0.2) is 11.4 Å². The molecule has 0 spiro atoms. The predicted molar refractivity (Wildman–Crippen MR) is 80.8 cm³/mol. The monoisotopic (exact) mass is 292 g/mol. The number of hydrogen-bond donors (Lipinski definition) is 2. The third-order valence-electron chi connectivity index (χ3n) is 3.62. The van der Waals surface area contributed by atoms with Crippen molar-refractivity contribution in [2.24, 2.45) is 0 Å². The first-order valence-electron chi connectivity index (χ1n) is 6.89. The molecule has 1 aromatic heterocycles. The summed E-state index contributed by atoms with van der Waals surface area (Å²) < 4.78 is 0. The summed E-state index contributed by atoms with van der Waals surface area (Å²) in [7, 11) is 2.07. The molecule has 1 saturated heterocycles. The molecule has 1 aromatic rings. The number of carbonyl (C=O) groups is 1. The van der Waals surface area contributed by atoms with Crippen LogP contribution >= 0.6 is 11.3 Å². The molecule has 1 aliphatic rings. The van der Waals surface area contributed by atoms with E-state index in [0.29, 0.717) is 23.0 Å². The van der Waals surface area contributed by atoms with Gasteiger partial charge in [-0.1, -0.05) is 0 Å². The number of amides is 1. The summed E-state index contributed by atoms with van der Waals surface area (Å²) in [6.07, 6.45) is 2.84. The molecule has 2 rings (SSSR count). The lowest BCUT2D eigenvalue weighted by Crippen LogP contribution is -2.44. The third kappa shape index (κ3) is 4.04. The molecule has 1 fully saturated rings. The minimum absolute atomic E-state index is 0.0282. The molecule has 1 atom stereocenters. The van der Waals surface area contributed by atoms with Crippen molar-refractivity contribution in [1.29, 1.82) is 5.26 Å². The Bertz CT molecular complexity index is 488. The number of piperidine rings is 1. The normalized spacial score (nSPS) is 18.8. The van der Waals surface area contributed by atoms with Crippen molar-refractivity contribution in [2.45, 2.75) is 25.3 Å². The van der Waals surface area contributed by atoms with Crippen LogP contribution in [0, 0.1) is 11.3 Å². The Labute approximate surface area is 123 Å². The van der Waals surface area contributed by atoms with Crippen LogP contribution in [-0.2, 0) is 4.79 Å². The molecule has 2 heterocycles. The van der Waals surface area contributed by atoms with Crippen molar-refractivity contribution in [2.75, 3.05) is 32.0 Å². The minimum Gasteiger partial charge on any atom is -0.317 e. The summed E-state index contributed by atoms with van der Waals surface area (Å²) in [5.74, 6) is -0.0282. The molecule has 20 heavy (non-hydrogen) atoms. The molecule has 108 valence electrons. The maximum atomic E-state index is 11.9. The lowest BCUT2D eigenvalue weighted by Gasteiger charge is -2.31. The van der Waals surface area contributed by atoms with E-state index in [2.05, 4.69) is 28.7 Å². The van der Waals surface area contributed by atoms with Gasteiger partial charge in [0.25, 0.3) is 0 Å². The van der Waals surface area contributed by atoms with E-state index >= 15 is 0 Å². The Kier molecular flexibility index (Phi) is 5.53. The molecule has 0 aromatic carbocycles. The molecule has 0 bridgehead atoms. The maximum Gasteiger partial charge on any atom is 0.226 e.